The Labute approximate surface area is 217 Å². The Bertz CT molecular complexity index is 478. The Morgan fingerprint density at radius 3 is 1.42 bits per heavy atom. The summed E-state index contributed by atoms with van der Waals surface area (Å²) in [6, 6.07) is -0.0521. The number of methoxy groups -OCH3 is 1. The fraction of sp³-hybridized carbons (Fsp3) is 0.880. The summed E-state index contributed by atoms with van der Waals surface area (Å²) < 4.78 is 42.8. The summed E-state index contributed by atoms with van der Waals surface area (Å²) in [6.07, 6.45) is 11.2. The van der Waals surface area contributed by atoms with Crippen LogP contribution in [0.15, 0.2) is 0 Å². The monoisotopic (exact) mass is 520 g/mol. The van der Waals surface area contributed by atoms with Crippen LogP contribution in [0.5, 0.6) is 0 Å². The molecular formula is C25H48N2O9. The van der Waals surface area contributed by atoms with Gasteiger partial charge in [-0.15, -0.1) is 12.8 Å². The van der Waals surface area contributed by atoms with E-state index in [1.165, 1.54) is 0 Å². The van der Waals surface area contributed by atoms with Crippen LogP contribution in [-0.4, -0.2) is 131 Å². The molecule has 0 spiro atoms. The molecule has 1 atom stereocenters. The van der Waals surface area contributed by atoms with Gasteiger partial charge in [0, 0.05) is 13.7 Å². The van der Waals surface area contributed by atoms with E-state index in [9.17, 15) is 4.79 Å². The number of rotatable bonds is 25. The summed E-state index contributed by atoms with van der Waals surface area (Å²) >= 11 is 0. The van der Waals surface area contributed by atoms with Crippen molar-refractivity contribution in [2.45, 2.75) is 25.3 Å². The average Bonchev–Trinajstić information content (AvgIpc) is 2.92. The zero-order valence-electron chi connectivity index (χ0n) is 22.0. The first-order valence-electron chi connectivity index (χ1n) is 12.7. The van der Waals surface area contributed by atoms with Gasteiger partial charge in [-0.2, -0.15) is 0 Å². The fourth-order valence-electron chi connectivity index (χ4n) is 3.01. The zero-order chi connectivity index (χ0) is 26.4. The van der Waals surface area contributed by atoms with E-state index >= 15 is 0 Å². The van der Waals surface area contributed by atoms with Gasteiger partial charge in [-0.3, -0.25) is 4.79 Å². The maximum atomic E-state index is 11.9. The predicted octanol–water partition coefficient (Wildman–Crippen LogP) is 0.257. The molecule has 1 aliphatic heterocycles. The lowest BCUT2D eigenvalue weighted by atomic mass is 10.0. The summed E-state index contributed by atoms with van der Waals surface area (Å²) in [6.45, 7) is 9.38. The van der Waals surface area contributed by atoms with Crippen LogP contribution in [0.1, 0.15) is 19.3 Å². The highest BCUT2D eigenvalue weighted by Crippen LogP contribution is 2.06. The lowest BCUT2D eigenvalue weighted by Gasteiger charge is -2.22. The standard InChI is InChI=1S/C23H46N2O9.C2H2/c1-27-8-9-29-12-13-31-16-17-33-20-21-34-19-18-32-15-14-30-11-10-28-7-6-25-23(26)22-4-2-3-5-24-22;1-2/h22,24H,2-21H2,1H3,(H,25,26);1-2H. The smallest absolute Gasteiger partial charge is 0.237 e. The molecule has 0 aromatic heterocycles. The molecule has 36 heavy (non-hydrogen) atoms. The highest BCUT2D eigenvalue weighted by Gasteiger charge is 2.19. The number of piperidine rings is 1. The minimum Gasteiger partial charge on any atom is -0.382 e. The average molecular weight is 521 g/mol. The number of carbonyl (C=O) groups is 1. The van der Waals surface area contributed by atoms with Crippen LogP contribution >= 0.6 is 0 Å². The van der Waals surface area contributed by atoms with E-state index in [0.29, 0.717) is 106 Å². The van der Waals surface area contributed by atoms with Crippen molar-refractivity contribution in [3.8, 4) is 12.8 Å². The fourth-order valence-corrected chi connectivity index (χ4v) is 3.01. The van der Waals surface area contributed by atoms with E-state index in [1.807, 2.05) is 0 Å². The third-order valence-corrected chi connectivity index (χ3v) is 4.84. The molecule has 1 rings (SSSR count). The molecule has 2 N–H and O–H groups in total. The Balaban J connectivity index is 0.00000596. The molecular weight excluding hydrogens is 472 g/mol. The van der Waals surface area contributed by atoms with Crippen molar-refractivity contribution in [2.75, 3.05) is 119 Å². The SMILES string of the molecule is C#C.COCCOCCOCCOCCOCCOCCOCCOCCNC(=O)C1CCCCN1. The van der Waals surface area contributed by atoms with Crippen molar-refractivity contribution in [3.63, 3.8) is 0 Å². The summed E-state index contributed by atoms with van der Waals surface area (Å²) in [5, 5.41) is 6.13. The van der Waals surface area contributed by atoms with Gasteiger partial charge in [-0.25, -0.2) is 0 Å². The van der Waals surface area contributed by atoms with Crippen molar-refractivity contribution in [3.05, 3.63) is 0 Å². The van der Waals surface area contributed by atoms with Gasteiger partial charge in [-0.05, 0) is 19.4 Å². The molecule has 1 aliphatic rings. The molecule has 1 fully saturated rings. The maximum absolute atomic E-state index is 11.9. The van der Waals surface area contributed by atoms with E-state index in [1.54, 1.807) is 7.11 Å². The molecule has 0 aromatic carbocycles. The van der Waals surface area contributed by atoms with Gasteiger partial charge in [0.15, 0.2) is 0 Å². The summed E-state index contributed by atoms with van der Waals surface area (Å²) in [5.74, 6) is 0.0642. The number of ether oxygens (including phenoxy) is 8. The third-order valence-electron chi connectivity index (χ3n) is 4.84. The lowest BCUT2D eigenvalue weighted by Crippen LogP contribution is -2.47. The molecule has 0 saturated carbocycles. The molecule has 0 radical (unpaired) electrons. The second-order valence-corrected chi connectivity index (χ2v) is 7.57. The molecule has 212 valence electrons. The van der Waals surface area contributed by atoms with Crippen molar-refractivity contribution in [1.82, 2.24) is 10.6 Å². The molecule has 0 aliphatic carbocycles. The van der Waals surface area contributed by atoms with Crippen molar-refractivity contribution in [1.29, 1.82) is 0 Å². The maximum Gasteiger partial charge on any atom is 0.237 e. The molecule has 11 heteroatoms. The molecule has 1 saturated heterocycles. The molecule has 0 bridgehead atoms. The van der Waals surface area contributed by atoms with E-state index in [0.717, 1.165) is 25.8 Å². The van der Waals surface area contributed by atoms with Crippen LogP contribution in [0.4, 0.5) is 0 Å². The van der Waals surface area contributed by atoms with Gasteiger partial charge in [-0.1, -0.05) is 6.42 Å². The minimum absolute atomic E-state index is 0.0521. The molecule has 0 aromatic rings. The summed E-state index contributed by atoms with van der Waals surface area (Å²) in [4.78, 5) is 11.9. The highest BCUT2D eigenvalue weighted by atomic mass is 16.6. The first-order chi connectivity index (χ1) is 17.8. The Hall–Kier alpha value is -1.33. The topological polar surface area (TPSA) is 115 Å². The van der Waals surface area contributed by atoms with Crippen LogP contribution in [0.3, 0.4) is 0 Å². The van der Waals surface area contributed by atoms with Gasteiger partial charge < -0.3 is 48.5 Å². The van der Waals surface area contributed by atoms with Crippen LogP contribution in [0.25, 0.3) is 0 Å². The number of hydrogen-bond donors (Lipinski definition) is 2. The van der Waals surface area contributed by atoms with Crippen LogP contribution < -0.4 is 10.6 Å². The van der Waals surface area contributed by atoms with Gasteiger partial charge in [0.25, 0.3) is 0 Å². The van der Waals surface area contributed by atoms with Gasteiger partial charge in [0.2, 0.25) is 5.91 Å². The molecule has 11 nitrogen and oxygen atoms in total. The van der Waals surface area contributed by atoms with E-state index in [4.69, 9.17) is 37.9 Å². The molecule has 1 heterocycles. The van der Waals surface area contributed by atoms with Gasteiger partial charge in [0.05, 0.1) is 105 Å². The van der Waals surface area contributed by atoms with Crippen LogP contribution in [-0.2, 0) is 42.7 Å². The normalized spacial score (nSPS) is 15.2. The Kier molecular flexibility index (Phi) is 28.8. The van der Waals surface area contributed by atoms with Crippen molar-refractivity contribution in [2.24, 2.45) is 0 Å². The quantitative estimate of drug-likeness (QED) is 0.128. The van der Waals surface area contributed by atoms with E-state index in [2.05, 4.69) is 23.5 Å². The zero-order valence-corrected chi connectivity index (χ0v) is 22.0. The largest absolute Gasteiger partial charge is 0.382 e. The second-order valence-electron chi connectivity index (χ2n) is 7.57. The number of nitrogens with one attached hydrogen (secondary N) is 2. The highest BCUT2D eigenvalue weighted by molar-refractivity contribution is 5.81. The third kappa shape index (κ3) is 24.4. The molecule has 1 unspecified atom stereocenters. The predicted molar refractivity (Wildman–Crippen MR) is 136 cm³/mol. The Morgan fingerprint density at radius 2 is 1.06 bits per heavy atom. The Morgan fingerprint density at radius 1 is 0.667 bits per heavy atom. The second kappa shape index (κ2) is 29.9. The minimum atomic E-state index is -0.0521. The number of amides is 1. The summed E-state index contributed by atoms with van der Waals surface area (Å²) in [7, 11) is 1.64. The van der Waals surface area contributed by atoms with Gasteiger partial charge in [0.1, 0.15) is 0 Å². The number of terminal acetylenes is 1. The van der Waals surface area contributed by atoms with Crippen molar-refractivity contribution >= 4 is 5.91 Å². The number of carbonyl (C=O) groups excluding carboxylic acids is 1. The van der Waals surface area contributed by atoms with Crippen molar-refractivity contribution < 1.29 is 42.7 Å². The van der Waals surface area contributed by atoms with Crippen LogP contribution in [0, 0.1) is 12.8 Å². The first kappa shape index (κ1) is 34.7. The number of hydrogen-bond acceptors (Lipinski definition) is 10. The summed E-state index contributed by atoms with van der Waals surface area (Å²) in [5.41, 5.74) is 0. The van der Waals surface area contributed by atoms with Crippen LogP contribution in [0.2, 0.25) is 0 Å². The van der Waals surface area contributed by atoms with E-state index in [-0.39, 0.29) is 11.9 Å². The molecule has 1 amide bonds. The first-order valence-corrected chi connectivity index (χ1v) is 12.7. The lowest BCUT2D eigenvalue weighted by molar-refractivity contribution is -0.123. The van der Waals surface area contributed by atoms with E-state index < -0.39 is 0 Å². The van der Waals surface area contributed by atoms with Gasteiger partial charge >= 0.3 is 0 Å².